The van der Waals surface area contributed by atoms with Gasteiger partial charge in [-0.1, -0.05) is 6.92 Å². The molecule has 23 heavy (non-hydrogen) atoms. The minimum absolute atomic E-state index is 0.141. The van der Waals surface area contributed by atoms with E-state index >= 15 is 0 Å². The quantitative estimate of drug-likeness (QED) is 0.625. The van der Waals surface area contributed by atoms with Crippen LogP contribution in [-0.4, -0.2) is 27.2 Å². The highest BCUT2D eigenvalue weighted by Gasteiger charge is 2.22. The van der Waals surface area contributed by atoms with Crippen LogP contribution in [0.2, 0.25) is 0 Å². The fraction of sp³-hybridized carbons (Fsp3) is 0.333. The molecule has 1 heterocycles. The van der Waals surface area contributed by atoms with Crippen LogP contribution in [0.15, 0.2) is 36.7 Å². The highest BCUT2D eigenvalue weighted by Crippen LogP contribution is 2.20. The molecule has 1 N–H and O–H groups in total. The number of benzene rings is 1. The molecule has 0 radical (unpaired) electrons. The van der Waals surface area contributed by atoms with Crippen LogP contribution in [0.4, 0.5) is 11.4 Å². The van der Waals surface area contributed by atoms with Crippen molar-refractivity contribution in [3.63, 3.8) is 0 Å². The van der Waals surface area contributed by atoms with Crippen molar-refractivity contribution in [3.05, 3.63) is 46.8 Å². The lowest BCUT2D eigenvalue weighted by Gasteiger charge is -2.15. The number of carbonyl (C=O) groups excluding carboxylic acids is 1. The largest absolute Gasteiger partial charge is 0.494 e. The van der Waals surface area contributed by atoms with Gasteiger partial charge in [-0.2, -0.15) is 5.10 Å². The number of aromatic nitrogens is 2. The van der Waals surface area contributed by atoms with Gasteiger partial charge in [-0.05, 0) is 37.6 Å². The van der Waals surface area contributed by atoms with Gasteiger partial charge in [0, 0.05) is 5.69 Å². The van der Waals surface area contributed by atoms with Crippen molar-refractivity contribution < 1.29 is 14.5 Å². The molecule has 2 aromatic rings. The molecule has 0 bridgehead atoms. The third-order valence-corrected chi connectivity index (χ3v) is 3.24. The van der Waals surface area contributed by atoms with E-state index in [1.54, 1.807) is 24.3 Å². The number of ether oxygens (including phenoxy) is 1. The van der Waals surface area contributed by atoms with Crippen molar-refractivity contribution >= 4 is 17.3 Å². The van der Waals surface area contributed by atoms with Crippen molar-refractivity contribution in [1.29, 1.82) is 0 Å². The summed E-state index contributed by atoms with van der Waals surface area (Å²) >= 11 is 0. The van der Waals surface area contributed by atoms with E-state index in [2.05, 4.69) is 10.4 Å². The second-order valence-corrected chi connectivity index (χ2v) is 4.81. The predicted octanol–water partition coefficient (Wildman–Crippen LogP) is 2.78. The molecule has 1 atom stereocenters. The lowest BCUT2D eigenvalue weighted by Crippen LogP contribution is -2.25. The van der Waals surface area contributed by atoms with Crippen LogP contribution in [0.3, 0.4) is 0 Å². The van der Waals surface area contributed by atoms with E-state index in [1.165, 1.54) is 10.9 Å². The molecule has 0 aliphatic heterocycles. The van der Waals surface area contributed by atoms with Gasteiger partial charge in [-0.25, -0.2) is 0 Å². The minimum Gasteiger partial charge on any atom is -0.494 e. The smallest absolute Gasteiger partial charge is 0.307 e. The first-order valence-electron chi connectivity index (χ1n) is 7.27. The Kier molecular flexibility index (Phi) is 5.29. The number of carbonyl (C=O) groups is 1. The Hall–Kier alpha value is -2.90. The summed E-state index contributed by atoms with van der Waals surface area (Å²) in [5.74, 6) is 0.440. The molecule has 122 valence electrons. The number of nitro groups is 1. The first kappa shape index (κ1) is 16.5. The standard InChI is InChI=1S/C15H18N4O4/c1-3-14(18-10-12(9-16-18)19(21)22)15(20)17-11-5-7-13(8-6-11)23-4-2/h5-10,14H,3-4H2,1-2H3,(H,17,20). The summed E-state index contributed by atoms with van der Waals surface area (Å²) in [5, 5.41) is 17.4. The Balaban J connectivity index is 2.08. The van der Waals surface area contributed by atoms with Crippen LogP contribution < -0.4 is 10.1 Å². The second-order valence-electron chi connectivity index (χ2n) is 4.81. The van der Waals surface area contributed by atoms with Crippen LogP contribution in [0.25, 0.3) is 0 Å². The second kappa shape index (κ2) is 7.39. The summed E-state index contributed by atoms with van der Waals surface area (Å²) in [6.45, 7) is 4.28. The van der Waals surface area contributed by atoms with Gasteiger partial charge in [-0.3, -0.25) is 19.6 Å². The maximum absolute atomic E-state index is 12.4. The number of amides is 1. The van der Waals surface area contributed by atoms with Gasteiger partial charge in [0.2, 0.25) is 5.91 Å². The molecule has 1 aromatic heterocycles. The summed E-state index contributed by atoms with van der Waals surface area (Å²) in [4.78, 5) is 22.5. The van der Waals surface area contributed by atoms with Crippen LogP contribution in [0.1, 0.15) is 26.3 Å². The van der Waals surface area contributed by atoms with E-state index in [-0.39, 0.29) is 11.6 Å². The number of nitrogens with zero attached hydrogens (tertiary/aromatic N) is 3. The summed E-state index contributed by atoms with van der Waals surface area (Å²) < 4.78 is 6.65. The number of hydrogen-bond donors (Lipinski definition) is 1. The number of hydrogen-bond acceptors (Lipinski definition) is 5. The molecule has 1 unspecified atom stereocenters. The molecule has 8 nitrogen and oxygen atoms in total. The topological polar surface area (TPSA) is 99.3 Å². The molecule has 0 saturated carbocycles. The van der Waals surface area contributed by atoms with Crippen LogP contribution in [-0.2, 0) is 4.79 Å². The molecular formula is C15H18N4O4. The fourth-order valence-electron chi connectivity index (χ4n) is 2.11. The van der Waals surface area contributed by atoms with Gasteiger partial charge in [0.25, 0.3) is 0 Å². The Morgan fingerprint density at radius 2 is 2.09 bits per heavy atom. The molecule has 1 amide bonds. The van der Waals surface area contributed by atoms with E-state index in [0.29, 0.717) is 18.7 Å². The summed E-state index contributed by atoms with van der Waals surface area (Å²) in [7, 11) is 0. The normalized spacial score (nSPS) is 11.7. The fourth-order valence-corrected chi connectivity index (χ4v) is 2.11. The van der Waals surface area contributed by atoms with Gasteiger partial charge in [0.15, 0.2) is 0 Å². The maximum atomic E-state index is 12.4. The van der Waals surface area contributed by atoms with E-state index < -0.39 is 11.0 Å². The van der Waals surface area contributed by atoms with Gasteiger partial charge in [0.05, 0.1) is 11.5 Å². The summed E-state index contributed by atoms with van der Waals surface area (Å²) in [6.07, 6.45) is 2.85. The zero-order valence-electron chi connectivity index (χ0n) is 12.9. The average molecular weight is 318 g/mol. The highest BCUT2D eigenvalue weighted by molar-refractivity contribution is 5.93. The monoisotopic (exact) mass is 318 g/mol. The van der Waals surface area contributed by atoms with Crippen molar-refractivity contribution in [2.75, 3.05) is 11.9 Å². The molecule has 0 fully saturated rings. The first-order valence-corrected chi connectivity index (χ1v) is 7.27. The summed E-state index contributed by atoms with van der Waals surface area (Å²) in [6, 6.07) is 6.38. The Morgan fingerprint density at radius 3 is 2.61 bits per heavy atom. The van der Waals surface area contributed by atoms with Gasteiger partial charge < -0.3 is 10.1 Å². The highest BCUT2D eigenvalue weighted by atomic mass is 16.6. The van der Waals surface area contributed by atoms with Gasteiger partial charge >= 0.3 is 5.69 Å². The molecule has 0 aliphatic rings. The first-order chi connectivity index (χ1) is 11.0. The van der Waals surface area contributed by atoms with Crippen molar-refractivity contribution in [2.45, 2.75) is 26.3 Å². The molecule has 0 aliphatic carbocycles. The molecule has 2 rings (SSSR count). The van der Waals surface area contributed by atoms with E-state index in [9.17, 15) is 14.9 Å². The predicted molar refractivity (Wildman–Crippen MR) is 84.5 cm³/mol. The minimum atomic E-state index is -0.615. The Labute approximate surface area is 133 Å². The van der Waals surface area contributed by atoms with Gasteiger partial charge in [-0.15, -0.1) is 0 Å². The molecule has 1 aromatic carbocycles. The van der Waals surface area contributed by atoms with E-state index in [0.717, 1.165) is 11.9 Å². The lowest BCUT2D eigenvalue weighted by atomic mass is 10.2. The van der Waals surface area contributed by atoms with Crippen molar-refractivity contribution in [1.82, 2.24) is 9.78 Å². The number of anilines is 1. The molecule has 0 spiro atoms. The van der Waals surface area contributed by atoms with Crippen LogP contribution >= 0.6 is 0 Å². The maximum Gasteiger partial charge on any atom is 0.307 e. The lowest BCUT2D eigenvalue weighted by molar-refractivity contribution is -0.385. The van der Waals surface area contributed by atoms with Crippen LogP contribution in [0.5, 0.6) is 5.75 Å². The summed E-state index contributed by atoms with van der Waals surface area (Å²) in [5.41, 5.74) is 0.482. The SMILES string of the molecule is CCOc1ccc(NC(=O)C(CC)n2cc([N+](=O)[O-])cn2)cc1. The third-order valence-electron chi connectivity index (χ3n) is 3.24. The Morgan fingerprint density at radius 1 is 1.39 bits per heavy atom. The van der Waals surface area contributed by atoms with E-state index in [1.807, 2.05) is 13.8 Å². The third kappa shape index (κ3) is 4.06. The Bertz CT molecular complexity index is 681. The molecular weight excluding hydrogens is 300 g/mol. The van der Waals surface area contributed by atoms with Crippen molar-refractivity contribution in [2.24, 2.45) is 0 Å². The van der Waals surface area contributed by atoms with E-state index in [4.69, 9.17) is 4.74 Å². The van der Waals surface area contributed by atoms with Crippen molar-refractivity contribution in [3.8, 4) is 5.75 Å². The zero-order chi connectivity index (χ0) is 16.8. The molecule has 0 saturated heterocycles. The zero-order valence-corrected chi connectivity index (χ0v) is 12.9. The van der Waals surface area contributed by atoms with Gasteiger partial charge in [0.1, 0.15) is 24.2 Å². The number of rotatable bonds is 7. The molecule has 8 heteroatoms. The number of nitrogens with one attached hydrogen (secondary N) is 1. The van der Waals surface area contributed by atoms with Crippen LogP contribution in [0, 0.1) is 10.1 Å². The average Bonchev–Trinajstić information content (AvgIpc) is 3.00.